The Morgan fingerprint density at radius 1 is 1.54 bits per heavy atom. The maximum absolute atomic E-state index is 12.4. The van der Waals surface area contributed by atoms with Crippen LogP contribution in [0.1, 0.15) is 6.42 Å². The van der Waals surface area contributed by atoms with Gasteiger partial charge in [0.2, 0.25) is 0 Å². The number of rotatable bonds is 8. The summed E-state index contributed by atoms with van der Waals surface area (Å²) in [6.45, 7) is 3.58. The number of nitrogens with two attached hydrogens (primary N) is 1. The minimum Gasteiger partial charge on any atom is -0.465 e. The molecule has 2 rings (SSSR count). The molecule has 132 valence electrons. The normalized spacial score (nSPS) is 24.2. The molecule has 0 aromatic carbocycles. The zero-order valence-corrected chi connectivity index (χ0v) is 12.9. The lowest BCUT2D eigenvalue weighted by molar-refractivity contribution is -0.122. The van der Waals surface area contributed by atoms with Crippen LogP contribution in [0.25, 0.3) is 0 Å². The standard InChI is InChI=1S/C13H19N5O6/c1-2-3-24-18-10-6-17(13(18)22)8(5-15-12(20)21)4-9(10)16-23-7-11(14)19/h2,8,10,15H,1,3-7H2,(H2,14,19)(H,20,21)/t8-,10-/m0/s1. The lowest BCUT2D eigenvalue weighted by atomic mass is 9.98. The van der Waals surface area contributed by atoms with E-state index in [1.54, 1.807) is 0 Å². The first-order valence-electron chi connectivity index (χ1n) is 7.21. The molecule has 0 radical (unpaired) electrons. The molecule has 4 N–H and O–H groups in total. The summed E-state index contributed by atoms with van der Waals surface area (Å²) in [6.07, 6.45) is 0.588. The van der Waals surface area contributed by atoms with Gasteiger partial charge in [0.1, 0.15) is 6.04 Å². The fourth-order valence-electron chi connectivity index (χ4n) is 2.57. The number of nitrogens with zero attached hydrogens (tertiary/aromatic N) is 3. The highest BCUT2D eigenvalue weighted by Crippen LogP contribution is 2.28. The summed E-state index contributed by atoms with van der Waals surface area (Å²) < 4.78 is 0. The summed E-state index contributed by atoms with van der Waals surface area (Å²) in [6, 6.07) is -1.30. The molecule has 24 heavy (non-hydrogen) atoms. The predicted molar refractivity (Wildman–Crippen MR) is 80.9 cm³/mol. The molecule has 2 fully saturated rings. The van der Waals surface area contributed by atoms with Gasteiger partial charge in [-0.25, -0.2) is 9.59 Å². The molecule has 2 bridgehead atoms. The SMILES string of the molecule is C=CCON1C(=O)N2C[C@H]1C(=NOCC(N)=O)C[C@H]2CNC(=O)O. The zero-order valence-electron chi connectivity index (χ0n) is 12.9. The van der Waals surface area contributed by atoms with E-state index in [0.717, 1.165) is 5.06 Å². The van der Waals surface area contributed by atoms with Crippen LogP contribution in [0.3, 0.4) is 0 Å². The number of primary amides is 1. The van der Waals surface area contributed by atoms with Crippen molar-refractivity contribution in [2.24, 2.45) is 10.9 Å². The van der Waals surface area contributed by atoms with Crippen LogP contribution in [0.5, 0.6) is 0 Å². The number of carbonyl (C=O) groups excluding carboxylic acids is 2. The van der Waals surface area contributed by atoms with Gasteiger partial charge >= 0.3 is 12.1 Å². The molecule has 0 aliphatic carbocycles. The molecule has 2 saturated heterocycles. The Morgan fingerprint density at radius 2 is 2.29 bits per heavy atom. The number of nitrogens with one attached hydrogen (secondary N) is 1. The Morgan fingerprint density at radius 3 is 2.92 bits per heavy atom. The van der Waals surface area contributed by atoms with Crippen LogP contribution in [0.4, 0.5) is 9.59 Å². The van der Waals surface area contributed by atoms with Crippen LogP contribution in [-0.2, 0) is 14.5 Å². The van der Waals surface area contributed by atoms with Crippen LogP contribution >= 0.6 is 0 Å². The summed E-state index contributed by atoms with van der Waals surface area (Å²) in [7, 11) is 0. The van der Waals surface area contributed by atoms with Gasteiger partial charge in [-0.1, -0.05) is 11.2 Å². The first-order chi connectivity index (χ1) is 11.4. The average molecular weight is 341 g/mol. The summed E-state index contributed by atoms with van der Waals surface area (Å²) in [5, 5.41) is 16.0. The van der Waals surface area contributed by atoms with E-state index in [0.29, 0.717) is 5.71 Å². The number of piperidine rings is 1. The Bertz CT molecular complexity index is 565. The number of hydrogen-bond acceptors (Lipinski definition) is 6. The number of urea groups is 1. The summed E-state index contributed by atoms with van der Waals surface area (Å²) >= 11 is 0. The van der Waals surface area contributed by atoms with Gasteiger partial charge in [0.25, 0.3) is 5.91 Å². The summed E-state index contributed by atoms with van der Waals surface area (Å²) in [5.74, 6) is -0.678. The third kappa shape index (κ3) is 3.93. The molecule has 11 nitrogen and oxygen atoms in total. The Hall–Kier alpha value is -2.82. The number of oxime groups is 1. The van der Waals surface area contributed by atoms with Gasteiger partial charge < -0.3 is 25.9 Å². The maximum Gasteiger partial charge on any atom is 0.404 e. The van der Waals surface area contributed by atoms with Gasteiger partial charge in [0.15, 0.2) is 6.61 Å². The predicted octanol–water partition coefficient (Wildman–Crippen LogP) is -0.892. The van der Waals surface area contributed by atoms with Gasteiger partial charge in [0.05, 0.1) is 24.9 Å². The lowest BCUT2D eigenvalue weighted by Crippen LogP contribution is -2.50. The molecule has 0 unspecified atom stereocenters. The van der Waals surface area contributed by atoms with Crippen LogP contribution in [-0.4, -0.2) is 77.2 Å². The molecule has 2 aliphatic rings. The molecule has 11 heteroatoms. The van der Waals surface area contributed by atoms with Crippen molar-refractivity contribution in [1.82, 2.24) is 15.3 Å². The van der Waals surface area contributed by atoms with Crippen molar-refractivity contribution in [2.75, 3.05) is 26.3 Å². The third-order valence-electron chi connectivity index (χ3n) is 3.57. The fraction of sp³-hybridized carbons (Fsp3) is 0.538. The second-order valence-corrected chi connectivity index (χ2v) is 5.23. The molecule has 2 atom stereocenters. The van der Waals surface area contributed by atoms with Crippen molar-refractivity contribution in [3.8, 4) is 0 Å². The molecule has 0 aromatic rings. The highest BCUT2D eigenvalue weighted by Gasteiger charge is 2.49. The van der Waals surface area contributed by atoms with E-state index in [1.807, 2.05) is 0 Å². The number of hydrogen-bond donors (Lipinski definition) is 3. The number of amides is 4. The number of hydroxylamine groups is 2. The molecular formula is C13H19N5O6. The van der Waals surface area contributed by atoms with Gasteiger partial charge in [-0.05, 0) is 0 Å². The van der Waals surface area contributed by atoms with Crippen LogP contribution in [0.15, 0.2) is 17.8 Å². The van der Waals surface area contributed by atoms with E-state index >= 15 is 0 Å². The molecule has 0 spiro atoms. The first-order valence-corrected chi connectivity index (χ1v) is 7.21. The van der Waals surface area contributed by atoms with E-state index < -0.39 is 24.1 Å². The van der Waals surface area contributed by atoms with Gasteiger partial charge in [-0.15, -0.1) is 6.58 Å². The number of carboxylic acid groups (broad SMARTS) is 1. The van der Waals surface area contributed by atoms with Crippen molar-refractivity contribution < 1.29 is 29.2 Å². The second-order valence-electron chi connectivity index (χ2n) is 5.23. The first kappa shape index (κ1) is 17.5. The minimum absolute atomic E-state index is 0.0396. The van der Waals surface area contributed by atoms with Crippen molar-refractivity contribution in [3.63, 3.8) is 0 Å². The number of carbonyl (C=O) groups is 3. The molecule has 4 amide bonds. The number of fused-ring (bicyclic) bond motifs is 2. The van der Waals surface area contributed by atoms with E-state index in [1.165, 1.54) is 11.0 Å². The van der Waals surface area contributed by atoms with Crippen LogP contribution < -0.4 is 11.1 Å². The largest absolute Gasteiger partial charge is 0.465 e. The van der Waals surface area contributed by atoms with E-state index in [9.17, 15) is 14.4 Å². The highest BCUT2D eigenvalue weighted by atomic mass is 16.7. The van der Waals surface area contributed by atoms with Crippen LogP contribution in [0.2, 0.25) is 0 Å². The monoisotopic (exact) mass is 341 g/mol. The molecule has 0 saturated carbocycles. The molecule has 2 heterocycles. The summed E-state index contributed by atoms with van der Waals surface area (Å²) in [4.78, 5) is 45.6. The molecule has 2 aliphatic heterocycles. The maximum atomic E-state index is 12.4. The van der Waals surface area contributed by atoms with E-state index in [4.69, 9.17) is 20.5 Å². The average Bonchev–Trinajstić information content (AvgIpc) is 2.79. The Labute approximate surface area is 137 Å². The van der Waals surface area contributed by atoms with Crippen molar-refractivity contribution in [1.29, 1.82) is 0 Å². The fourth-order valence-corrected chi connectivity index (χ4v) is 2.57. The topological polar surface area (TPSA) is 147 Å². The van der Waals surface area contributed by atoms with Gasteiger partial charge in [0, 0.05) is 13.0 Å². The van der Waals surface area contributed by atoms with E-state index in [2.05, 4.69) is 17.1 Å². The smallest absolute Gasteiger partial charge is 0.404 e. The second kappa shape index (κ2) is 7.64. The minimum atomic E-state index is -1.19. The van der Waals surface area contributed by atoms with Crippen molar-refractivity contribution in [2.45, 2.75) is 18.5 Å². The third-order valence-corrected chi connectivity index (χ3v) is 3.57. The lowest BCUT2D eigenvalue weighted by Gasteiger charge is -2.30. The molecular weight excluding hydrogens is 322 g/mol. The quantitative estimate of drug-likeness (QED) is 0.385. The highest BCUT2D eigenvalue weighted by molar-refractivity contribution is 5.97. The Kier molecular flexibility index (Phi) is 5.58. The zero-order chi connectivity index (χ0) is 17.7. The van der Waals surface area contributed by atoms with Crippen molar-refractivity contribution >= 4 is 23.7 Å². The van der Waals surface area contributed by atoms with Gasteiger partial charge in [-0.2, -0.15) is 5.06 Å². The molecule has 0 aromatic heterocycles. The van der Waals surface area contributed by atoms with Crippen molar-refractivity contribution in [3.05, 3.63) is 12.7 Å². The summed E-state index contributed by atoms with van der Waals surface area (Å²) in [5.41, 5.74) is 5.46. The van der Waals surface area contributed by atoms with Crippen LogP contribution in [0, 0.1) is 0 Å². The van der Waals surface area contributed by atoms with Gasteiger partial charge in [-0.3, -0.25) is 9.63 Å². The Balaban J connectivity index is 2.15. The van der Waals surface area contributed by atoms with E-state index in [-0.39, 0.29) is 38.8 Å².